The first kappa shape index (κ1) is 26.1. The maximum atomic E-state index is 14.8. The van der Waals surface area contributed by atoms with Gasteiger partial charge in [-0.05, 0) is 56.6 Å². The lowest BCUT2D eigenvalue weighted by molar-refractivity contribution is -0.123. The highest BCUT2D eigenvalue weighted by atomic mass is 19.3. The molecule has 0 aromatic carbocycles. The second-order valence-electron chi connectivity index (χ2n) is 11.1. The number of rotatable bonds is 9. The van der Waals surface area contributed by atoms with Crippen LogP contribution in [0.5, 0.6) is 0 Å². The molecular formula is C25H38F4N6O. The molecule has 0 amide bonds. The summed E-state index contributed by atoms with van der Waals surface area (Å²) < 4.78 is 56.1. The molecule has 3 aliphatic heterocycles. The average Bonchev–Trinajstić information content (AvgIpc) is 3.22. The maximum absolute atomic E-state index is 14.8. The van der Waals surface area contributed by atoms with Crippen molar-refractivity contribution in [3.05, 3.63) is 24.0 Å². The number of aliphatic hydroxyl groups excluding tert-OH is 1. The molecule has 0 radical (unpaired) electrons. The van der Waals surface area contributed by atoms with Crippen LogP contribution in [0.4, 0.5) is 23.2 Å². The fraction of sp³-hybridized carbons (Fsp3) is 0.800. The molecule has 4 N–H and O–H groups in total. The van der Waals surface area contributed by atoms with Crippen molar-refractivity contribution in [2.24, 2.45) is 17.8 Å². The van der Waals surface area contributed by atoms with E-state index in [0.717, 1.165) is 38.2 Å². The van der Waals surface area contributed by atoms with Gasteiger partial charge in [0, 0.05) is 37.6 Å². The van der Waals surface area contributed by atoms with Gasteiger partial charge in [0.05, 0.1) is 42.9 Å². The van der Waals surface area contributed by atoms with Crippen LogP contribution in [-0.4, -0.2) is 89.7 Å². The highest BCUT2D eigenvalue weighted by Crippen LogP contribution is 2.52. The topological polar surface area (TPSA) is 75.7 Å². The Balaban J connectivity index is 1.34. The molecule has 4 fully saturated rings. The molecule has 7 nitrogen and oxygen atoms in total. The van der Waals surface area contributed by atoms with Gasteiger partial charge in [-0.1, -0.05) is 0 Å². The van der Waals surface area contributed by atoms with E-state index in [1.807, 2.05) is 19.1 Å². The molecule has 1 aromatic rings. The van der Waals surface area contributed by atoms with E-state index in [4.69, 9.17) is 4.98 Å². The van der Waals surface area contributed by atoms with Gasteiger partial charge in [0.15, 0.2) is 6.30 Å². The third kappa shape index (κ3) is 5.22. The third-order valence-electron chi connectivity index (χ3n) is 8.68. The van der Waals surface area contributed by atoms with Crippen molar-refractivity contribution in [2.75, 3.05) is 44.8 Å². The number of nitrogens with zero attached hydrogens (tertiary/aromatic N) is 3. The van der Waals surface area contributed by atoms with Crippen molar-refractivity contribution in [1.29, 1.82) is 0 Å². The van der Waals surface area contributed by atoms with E-state index in [9.17, 15) is 22.7 Å². The quantitative estimate of drug-likeness (QED) is 0.298. The zero-order chi connectivity index (χ0) is 25.4. The second kappa shape index (κ2) is 10.7. The normalized spacial score (nSPS) is 35.8. The third-order valence-corrected chi connectivity index (χ3v) is 8.68. The summed E-state index contributed by atoms with van der Waals surface area (Å²) in [7, 11) is 0. The number of hydrogen-bond donors (Lipinski definition) is 4. The summed E-state index contributed by atoms with van der Waals surface area (Å²) in [5, 5.41) is 12.7. The molecular weight excluding hydrogens is 476 g/mol. The number of halogens is 4. The van der Waals surface area contributed by atoms with Gasteiger partial charge in [0.25, 0.3) is 5.92 Å². The van der Waals surface area contributed by atoms with Gasteiger partial charge in [-0.3, -0.25) is 24.6 Å². The molecule has 0 spiro atoms. The number of alkyl halides is 4. The van der Waals surface area contributed by atoms with Crippen molar-refractivity contribution < 1.29 is 22.7 Å². The Hall–Kier alpha value is -1.53. The standard InChI is InChI=1S/C25H38F4N6O/c1-15-9-19-18(4-6-20-22(19)24(27)33-32-20)23(35(15)13-25(28,29)14-36)21-5-3-16(10-30-21)31-17-11-34(12-17)8-2-7-26/h3,5,10,15,17-20,22-24,31-33,36H,2,4,6-9,11-14H2,1H3/t15-,18?,19?,20?,22?,23+,24?/m1/s1. The molecule has 3 saturated heterocycles. The number of anilines is 1. The van der Waals surface area contributed by atoms with Crippen LogP contribution in [-0.2, 0) is 0 Å². The number of pyridine rings is 1. The Morgan fingerprint density at radius 1 is 1.19 bits per heavy atom. The number of hydrazine groups is 1. The van der Waals surface area contributed by atoms with Crippen LogP contribution in [0.25, 0.3) is 0 Å². The Labute approximate surface area is 210 Å². The van der Waals surface area contributed by atoms with Gasteiger partial charge in [-0.15, -0.1) is 0 Å². The van der Waals surface area contributed by atoms with E-state index in [1.54, 1.807) is 11.1 Å². The molecule has 4 heterocycles. The maximum Gasteiger partial charge on any atom is 0.283 e. The molecule has 5 unspecified atom stereocenters. The van der Waals surface area contributed by atoms with Crippen molar-refractivity contribution in [1.82, 2.24) is 25.6 Å². The Bertz CT molecular complexity index is 873. The Morgan fingerprint density at radius 3 is 2.69 bits per heavy atom. The van der Waals surface area contributed by atoms with Gasteiger partial charge >= 0.3 is 0 Å². The summed E-state index contributed by atoms with van der Waals surface area (Å²) in [4.78, 5) is 8.70. The number of aromatic nitrogens is 1. The highest BCUT2D eigenvalue weighted by molar-refractivity contribution is 5.43. The fourth-order valence-corrected chi connectivity index (χ4v) is 7.00. The minimum absolute atomic E-state index is 0.00102. The van der Waals surface area contributed by atoms with E-state index in [-0.39, 0.29) is 48.6 Å². The summed E-state index contributed by atoms with van der Waals surface area (Å²) in [5.41, 5.74) is 7.40. The van der Waals surface area contributed by atoms with Crippen LogP contribution in [0.3, 0.4) is 0 Å². The van der Waals surface area contributed by atoms with E-state index < -0.39 is 25.4 Å². The molecule has 36 heavy (non-hydrogen) atoms. The van der Waals surface area contributed by atoms with Gasteiger partial charge in [0.2, 0.25) is 0 Å². The van der Waals surface area contributed by atoms with Crippen LogP contribution in [0.15, 0.2) is 18.3 Å². The summed E-state index contributed by atoms with van der Waals surface area (Å²) in [6, 6.07) is 3.58. The average molecular weight is 515 g/mol. The van der Waals surface area contributed by atoms with Gasteiger partial charge < -0.3 is 10.4 Å². The number of piperidine rings is 1. The van der Waals surface area contributed by atoms with Gasteiger partial charge in [0.1, 0.15) is 6.61 Å². The SMILES string of the molecule is C[C@@H]1CC2C3C(F)NNC3CCC2[C@@H](c2ccc(NC3CN(CCCF)C3)cn2)N1CC(F)(F)CO. The Kier molecular flexibility index (Phi) is 7.74. The molecule has 1 aromatic heterocycles. The lowest BCUT2D eigenvalue weighted by Crippen LogP contribution is -2.57. The van der Waals surface area contributed by atoms with Crippen LogP contribution in [0.2, 0.25) is 0 Å². The lowest BCUT2D eigenvalue weighted by Gasteiger charge is -2.54. The molecule has 4 aliphatic rings. The second-order valence-corrected chi connectivity index (χ2v) is 11.1. The number of hydrogen-bond acceptors (Lipinski definition) is 7. The summed E-state index contributed by atoms with van der Waals surface area (Å²) in [6.07, 6.45) is 3.34. The highest BCUT2D eigenvalue weighted by Gasteiger charge is 2.55. The van der Waals surface area contributed by atoms with E-state index >= 15 is 0 Å². The zero-order valence-corrected chi connectivity index (χ0v) is 20.7. The molecule has 1 saturated carbocycles. The smallest absolute Gasteiger partial charge is 0.283 e. The van der Waals surface area contributed by atoms with Crippen molar-refractivity contribution in [2.45, 2.75) is 69.0 Å². The number of likely N-dealkylation sites (tertiary alicyclic amines) is 2. The molecule has 11 heteroatoms. The van der Waals surface area contributed by atoms with Crippen molar-refractivity contribution >= 4 is 5.69 Å². The van der Waals surface area contributed by atoms with E-state index in [0.29, 0.717) is 18.5 Å². The molecule has 1 aliphatic carbocycles. The first-order valence-electron chi connectivity index (χ1n) is 13.2. The number of fused-ring (bicyclic) bond motifs is 3. The number of aliphatic hydroxyl groups is 1. The first-order valence-corrected chi connectivity index (χ1v) is 13.2. The van der Waals surface area contributed by atoms with E-state index in [1.165, 1.54) is 0 Å². The molecule has 0 bridgehead atoms. The summed E-state index contributed by atoms with van der Waals surface area (Å²) in [5.74, 6) is -3.38. The summed E-state index contributed by atoms with van der Waals surface area (Å²) in [6.45, 7) is 2.32. The van der Waals surface area contributed by atoms with Crippen molar-refractivity contribution in [3.8, 4) is 0 Å². The van der Waals surface area contributed by atoms with Crippen LogP contribution >= 0.6 is 0 Å². The molecule has 5 rings (SSSR count). The van der Waals surface area contributed by atoms with E-state index in [2.05, 4.69) is 21.1 Å². The summed E-state index contributed by atoms with van der Waals surface area (Å²) >= 11 is 0. The zero-order valence-electron chi connectivity index (χ0n) is 20.7. The number of nitrogens with one attached hydrogen (secondary N) is 3. The first-order chi connectivity index (χ1) is 17.3. The Morgan fingerprint density at radius 2 is 2.00 bits per heavy atom. The van der Waals surface area contributed by atoms with Gasteiger partial charge in [-0.2, -0.15) is 0 Å². The predicted octanol–water partition coefficient (Wildman–Crippen LogP) is 2.71. The predicted molar refractivity (Wildman–Crippen MR) is 129 cm³/mol. The van der Waals surface area contributed by atoms with Crippen LogP contribution in [0.1, 0.15) is 44.3 Å². The molecule has 7 atom stereocenters. The largest absolute Gasteiger partial charge is 0.390 e. The van der Waals surface area contributed by atoms with Crippen LogP contribution in [0, 0.1) is 17.8 Å². The van der Waals surface area contributed by atoms with Crippen molar-refractivity contribution in [3.63, 3.8) is 0 Å². The lowest BCUT2D eigenvalue weighted by atomic mass is 9.62. The van der Waals surface area contributed by atoms with Crippen LogP contribution < -0.4 is 16.2 Å². The molecule has 202 valence electrons. The fourth-order valence-electron chi connectivity index (χ4n) is 7.00. The minimum atomic E-state index is -3.23. The monoisotopic (exact) mass is 514 g/mol. The minimum Gasteiger partial charge on any atom is -0.390 e. The van der Waals surface area contributed by atoms with Gasteiger partial charge in [-0.25, -0.2) is 18.6 Å².